The molecule has 7 nitrogen and oxygen atoms in total. The molecule has 0 atom stereocenters. The smallest absolute Gasteiger partial charge is 0.253 e. The Hall–Kier alpha value is -4.20. The minimum absolute atomic E-state index is 0.0564. The molecule has 3 N–H and O–H groups in total. The third-order valence-electron chi connectivity index (χ3n) is 6.08. The van der Waals surface area contributed by atoms with Crippen LogP contribution in [-0.4, -0.2) is 42.3 Å². The highest BCUT2D eigenvalue weighted by atomic mass is 19.1. The van der Waals surface area contributed by atoms with E-state index in [9.17, 15) is 18.8 Å². The van der Waals surface area contributed by atoms with Crippen molar-refractivity contribution in [2.24, 2.45) is 0 Å². The summed E-state index contributed by atoms with van der Waals surface area (Å²) >= 11 is 0. The van der Waals surface area contributed by atoms with Crippen LogP contribution in [0, 0.1) is 5.82 Å². The molecule has 0 aromatic heterocycles. The van der Waals surface area contributed by atoms with Crippen LogP contribution in [-0.2, 0) is 17.9 Å². The molecule has 0 unspecified atom stereocenters. The van der Waals surface area contributed by atoms with Crippen LogP contribution in [0.4, 0.5) is 10.1 Å². The molecule has 0 spiro atoms. The van der Waals surface area contributed by atoms with Gasteiger partial charge in [-0.05, 0) is 60.9 Å². The van der Waals surface area contributed by atoms with Crippen molar-refractivity contribution in [3.8, 4) is 0 Å². The van der Waals surface area contributed by atoms with E-state index in [4.69, 9.17) is 0 Å². The van der Waals surface area contributed by atoms with Crippen LogP contribution in [0.15, 0.2) is 72.8 Å². The molecule has 4 rings (SSSR count). The summed E-state index contributed by atoms with van der Waals surface area (Å²) in [6.07, 6.45) is 2.11. The maximum absolute atomic E-state index is 13.7. The molecule has 1 saturated heterocycles. The van der Waals surface area contributed by atoms with Crippen molar-refractivity contribution in [2.45, 2.75) is 25.9 Å². The van der Waals surface area contributed by atoms with Crippen LogP contribution in [0.1, 0.15) is 44.7 Å². The average Bonchev–Trinajstić information content (AvgIpc) is 3.45. The number of hydrogen-bond acceptors (Lipinski definition) is 4. The quantitative estimate of drug-likeness (QED) is 0.428. The number of anilines is 1. The summed E-state index contributed by atoms with van der Waals surface area (Å²) in [6.45, 7) is 2.16. The first-order valence-corrected chi connectivity index (χ1v) is 12.0. The highest BCUT2D eigenvalue weighted by Crippen LogP contribution is 2.14. The van der Waals surface area contributed by atoms with Crippen molar-refractivity contribution in [3.05, 3.63) is 101 Å². The molecule has 1 fully saturated rings. The Morgan fingerprint density at radius 2 is 1.44 bits per heavy atom. The van der Waals surface area contributed by atoms with Crippen molar-refractivity contribution in [3.63, 3.8) is 0 Å². The zero-order valence-corrected chi connectivity index (χ0v) is 19.9. The van der Waals surface area contributed by atoms with Crippen LogP contribution in [0.2, 0.25) is 0 Å². The van der Waals surface area contributed by atoms with Gasteiger partial charge in [-0.25, -0.2) is 4.39 Å². The van der Waals surface area contributed by atoms with Crippen molar-refractivity contribution >= 4 is 23.4 Å². The number of amides is 3. The van der Waals surface area contributed by atoms with E-state index < -0.39 is 0 Å². The molecule has 3 aromatic rings. The molecule has 0 aliphatic carbocycles. The molecule has 186 valence electrons. The molecule has 0 bridgehead atoms. The first-order valence-electron chi connectivity index (χ1n) is 12.0. The van der Waals surface area contributed by atoms with E-state index in [0.717, 1.165) is 31.5 Å². The van der Waals surface area contributed by atoms with Crippen molar-refractivity contribution in [1.82, 2.24) is 15.5 Å². The number of rotatable bonds is 9. The minimum atomic E-state index is -0.361. The fourth-order valence-corrected chi connectivity index (χ4v) is 3.97. The molecular formula is C28H29FN4O3. The first kappa shape index (κ1) is 24.9. The zero-order chi connectivity index (χ0) is 25.3. The Balaban J connectivity index is 1.18. The summed E-state index contributed by atoms with van der Waals surface area (Å²) in [7, 11) is 0. The average molecular weight is 489 g/mol. The Kier molecular flexibility index (Phi) is 8.28. The zero-order valence-electron chi connectivity index (χ0n) is 19.9. The molecule has 1 aliphatic heterocycles. The minimum Gasteiger partial charge on any atom is -0.376 e. The summed E-state index contributed by atoms with van der Waals surface area (Å²) in [5.74, 6) is -0.796. The van der Waals surface area contributed by atoms with Gasteiger partial charge in [0.1, 0.15) is 5.82 Å². The van der Waals surface area contributed by atoms with Gasteiger partial charge < -0.3 is 20.9 Å². The fourth-order valence-electron chi connectivity index (χ4n) is 3.97. The maximum Gasteiger partial charge on any atom is 0.253 e. The van der Waals surface area contributed by atoms with Gasteiger partial charge in [-0.15, -0.1) is 0 Å². The number of benzene rings is 3. The largest absolute Gasteiger partial charge is 0.376 e. The number of nitrogens with one attached hydrogen (secondary N) is 3. The predicted octanol–water partition coefficient (Wildman–Crippen LogP) is 3.72. The Morgan fingerprint density at radius 3 is 2.14 bits per heavy atom. The van der Waals surface area contributed by atoms with E-state index in [1.165, 1.54) is 6.07 Å². The lowest BCUT2D eigenvalue weighted by atomic mass is 10.1. The van der Waals surface area contributed by atoms with E-state index in [2.05, 4.69) is 16.0 Å². The van der Waals surface area contributed by atoms with Gasteiger partial charge in [0.05, 0.1) is 6.54 Å². The molecule has 0 saturated carbocycles. The standard InChI is InChI=1S/C28H29FN4O3/c29-25-6-2-1-5-23(25)18-32-27(35)21-11-13-24(14-12-21)30-19-26(34)31-17-20-7-9-22(10-8-20)28(36)33-15-3-4-16-33/h1-2,5-14,30H,3-4,15-19H2,(H,31,34)(H,32,35). The molecule has 36 heavy (non-hydrogen) atoms. The first-order chi connectivity index (χ1) is 17.5. The summed E-state index contributed by atoms with van der Waals surface area (Å²) < 4.78 is 13.7. The van der Waals surface area contributed by atoms with Crippen LogP contribution >= 0.6 is 0 Å². The fraction of sp³-hybridized carbons (Fsp3) is 0.250. The molecule has 3 aromatic carbocycles. The van der Waals surface area contributed by atoms with Crippen molar-refractivity contribution in [1.29, 1.82) is 0 Å². The van der Waals surface area contributed by atoms with Crippen LogP contribution in [0.3, 0.4) is 0 Å². The van der Waals surface area contributed by atoms with Gasteiger partial charge >= 0.3 is 0 Å². The third-order valence-corrected chi connectivity index (χ3v) is 6.08. The lowest BCUT2D eigenvalue weighted by molar-refractivity contribution is -0.119. The summed E-state index contributed by atoms with van der Waals surface area (Å²) in [5.41, 5.74) is 3.13. The van der Waals surface area contributed by atoms with Crippen LogP contribution < -0.4 is 16.0 Å². The molecule has 0 radical (unpaired) electrons. The van der Waals surface area contributed by atoms with Crippen LogP contribution in [0.25, 0.3) is 0 Å². The molecular weight excluding hydrogens is 459 g/mol. The Labute approximate surface area is 209 Å². The van der Waals surface area contributed by atoms with Crippen molar-refractivity contribution in [2.75, 3.05) is 25.0 Å². The number of hydrogen-bond donors (Lipinski definition) is 3. The van der Waals surface area contributed by atoms with E-state index in [1.807, 2.05) is 17.0 Å². The number of carbonyl (C=O) groups is 3. The Morgan fingerprint density at radius 1 is 0.778 bits per heavy atom. The van der Waals surface area contributed by atoms with Gasteiger partial charge in [-0.1, -0.05) is 30.3 Å². The summed E-state index contributed by atoms with van der Waals surface area (Å²) in [5, 5.41) is 8.57. The maximum atomic E-state index is 13.7. The van der Waals surface area contributed by atoms with Gasteiger partial charge in [-0.3, -0.25) is 14.4 Å². The third kappa shape index (κ3) is 6.69. The SMILES string of the molecule is O=C(CNc1ccc(C(=O)NCc2ccccc2F)cc1)NCc1ccc(C(=O)N2CCCC2)cc1. The van der Waals surface area contributed by atoms with Gasteiger partial charge in [-0.2, -0.15) is 0 Å². The molecule has 3 amide bonds. The van der Waals surface area contributed by atoms with Gasteiger partial charge in [0.25, 0.3) is 11.8 Å². The monoisotopic (exact) mass is 488 g/mol. The number of carbonyl (C=O) groups excluding carboxylic acids is 3. The summed E-state index contributed by atoms with van der Waals surface area (Å²) in [6, 6.07) is 20.3. The highest BCUT2D eigenvalue weighted by Gasteiger charge is 2.19. The predicted molar refractivity (Wildman–Crippen MR) is 136 cm³/mol. The van der Waals surface area contributed by atoms with E-state index >= 15 is 0 Å². The lowest BCUT2D eigenvalue weighted by Crippen LogP contribution is -2.29. The number of halogens is 1. The number of likely N-dealkylation sites (tertiary alicyclic amines) is 1. The van der Waals surface area contributed by atoms with E-state index in [-0.39, 0.29) is 36.6 Å². The second-order valence-corrected chi connectivity index (χ2v) is 8.68. The van der Waals surface area contributed by atoms with Gasteiger partial charge in [0.2, 0.25) is 5.91 Å². The second kappa shape index (κ2) is 12.0. The van der Waals surface area contributed by atoms with E-state index in [1.54, 1.807) is 54.6 Å². The Bertz CT molecular complexity index is 1210. The molecule has 1 aliphatic rings. The normalized spacial score (nSPS) is 12.8. The van der Waals surface area contributed by atoms with Gasteiger partial charge in [0.15, 0.2) is 0 Å². The lowest BCUT2D eigenvalue weighted by Gasteiger charge is -2.15. The topological polar surface area (TPSA) is 90.5 Å². The molecule has 1 heterocycles. The van der Waals surface area contributed by atoms with Gasteiger partial charge in [0, 0.05) is 48.6 Å². The van der Waals surface area contributed by atoms with Crippen molar-refractivity contribution < 1.29 is 18.8 Å². The number of nitrogens with zero attached hydrogens (tertiary/aromatic N) is 1. The second-order valence-electron chi connectivity index (χ2n) is 8.68. The van der Waals surface area contributed by atoms with E-state index in [0.29, 0.717) is 28.9 Å². The molecule has 8 heteroatoms. The van der Waals surface area contributed by atoms with Crippen LogP contribution in [0.5, 0.6) is 0 Å². The highest BCUT2D eigenvalue weighted by molar-refractivity contribution is 5.95. The summed E-state index contributed by atoms with van der Waals surface area (Å²) in [4.78, 5) is 38.8.